The SMILES string of the molecule is Cc1c(Cl)cccc1NC(=O)OCCN1CCCCC1.Cl. The van der Waals surface area contributed by atoms with Crippen molar-refractivity contribution < 1.29 is 9.53 Å². The topological polar surface area (TPSA) is 41.6 Å². The van der Waals surface area contributed by atoms with E-state index in [0.29, 0.717) is 17.3 Å². The number of nitrogens with zero attached hydrogens (tertiary/aromatic N) is 1. The minimum Gasteiger partial charge on any atom is -0.448 e. The monoisotopic (exact) mass is 332 g/mol. The molecule has 0 spiro atoms. The van der Waals surface area contributed by atoms with Crippen molar-refractivity contribution in [1.29, 1.82) is 0 Å². The van der Waals surface area contributed by atoms with Gasteiger partial charge in [0.05, 0.1) is 0 Å². The predicted molar refractivity (Wildman–Crippen MR) is 88.7 cm³/mol. The van der Waals surface area contributed by atoms with Gasteiger partial charge in [-0.3, -0.25) is 10.2 Å². The number of likely N-dealkylation sites (tertiary alicyclic amines) is 1. The van der Waals surface area contributed by atoms with Gasteiger partial charge in [0, 0.05) is 17.3 Å². The minimum atomic E-state index is -0.424. The molecule has 6 heteroatoms. The smallest absolute Gasteiger partial charge is 0.411 e. The number of nitrogens with one attached hydrogen (secondary N) is 1. The highest BCUT2D eigenvalue weighted by atomic mass is 35.5. The predicted octanol–water partition coefficient (Wildman–Crippen LogP) is 4.10. The average molecular weight is 333 g/mol. The molecule has 0 atom stereocenters. The second kappa shape index (κ2) is 9.13. The van der Waals surface area contributed by atoms with E-state index < -0.39 is 6.09 Å². The third-order valence-electron chi connectivity index (χ3n) is 3.59. The number of benzene rings is 1. The molecule has 0 bridgehead atoms. The summed E-state index contributed by atoms with van der Waals surface area (Å²) in [5, 5.41) is 3.36. The molecule has 4 nitrogen and oxygen atoms in total. The lowest BCUT2D eigenvalue weighted by Crippen LogP contribution is -2.33. The van der Waals surface area contributed by atoms with Crippen molar-refractivity contribution in [2.24, 2.45) is 0 Å². The van der Waals surface area contributed by atoms with Crippen LogP contribution in [0.25, 0.3) is 0 Å². The van der Waals surface area contributed by atoms with Crippen molar-refractivity contribution in [1.82, 2.24) is 4.90 Å². The Morgan fingerprint density at radius 3 is 2.76 bits per heavy atom. The van der Waals surface area contributed by atoms with Gasteiger partial charge in [0.15, 0.2) is 0 Å². The van der Waals surface area contributed by atoms with Crippen LogP contribution in [0, 0.1) is 6.92 Å². The highest BCUT2D eigenvalue weighted by molar-refractivity contribution is 6.31. The number of halogens is 2. The van der Waals surface area contributed by atoms with Crippen molar-refractivity contribution in [3.8, 4) is 0 Å². The van der Waals surface area contributed by atoms with Gasteiger partial charge in [-0.15, -0.1) is 12.4 Å². The van der Waals surface area contributed by atoms with Crippen LogP contribution >= 0.6 is 24.0 Å². The van der Waals surface area contributed by atoms with Gasteiger partial charge in [-0.2, -0.15) is 0 Å². The number of anilines is 1. The number of hydrogen-bond acceptors (Lipinski definition) is 3. The number of amides is 1. The lowest BCUT2D eigenvalue weighted by atomic mass is 10.1. The second-order valence-electron chi connectivity index (χ2n) is 5.08. The van der Waals surface area contributed by atoms with E-state index in [0.717, 1.165) is 25.2 Å². The third kappa shape index (κ3) is 5.73. The van der Waals surface area contributed by atoms with Gasteiger partial charge in [0.25, 0.3) is 0 Å². The molecule has 1 aliphatic rings. The molecule has 1 saturated heterocycles. The number of carbonyl (C=O) groups excluding carboxylic acids is 1. The molecule has 2 rings (SSSR count). The van der Waals surface area contributed by atoms with Gasteiger partial charge in [-0.25, -0.2) is 4.79 Å². The summed E-state index contributed by atoms with van der Waals surface area (Å²) in [6, 6.07) is 5.41. The van der Waals surface area contributed by atoms with E-state index in [1.165, 1.54) is 19.3 Å². The molecule has 0 saturated carbocycles. The number of rotatable bonds is 4. The quantitative estimate of drug-likeness (QED) is 0.902. The molecule has 118 valence electrons. The Balaban J connectivity index is 0.00000220. The third-order valence-corrected chi connectivity index (χ3v) is 4.00. The maximum atomic E-state index is 11.7. The first-order chi connectivity index (χ1) is 9.66. The Kier molecular flexibility index (Phi) is 7.86. The zero-order chi connectivity index (χ0) is 14.4. The molecule has 1 amide bonds. The molecule has 0 aliphatic carbocycles. The number of hydrogen-bond donors (Lipinski definition) is 1. The normalized spacial score (nSPS) is 15.1. The molecule has 1 heterocycles. The summed E-state index contributed by atoms with van der Waals surface area (Å²) < 4.78 is 5.21. The molecular formula is C15H22Cl2N2O2. The van der Waals surface area contributed by atoms with Gasteiger partial charge < -0.3 is 4.74 Å². The first-order valence-corrected chi connectivity index (χ1v) is 7.46. The fourth-order valence-electron chi connectivity index (χ4n) is 2.34. The Bertz CT molecular complexity index is 463. The Morgan fingerprint density at radius 2 is 2.05 bits per heavy atom. The Hall–Kier alpha value is -0.970. The molecule has 0 radical (unpaired) electrons. The van der Waals surface area contributed by atoms with Crippen LogP contribution in [0.5, 0.6) is 0 Å². The molecule has 1 fully saturated rings. The largest absolute Gasteiger partial charge is 0.448 e. The Labute approximate surface area is 137 Å². The summed E-state index contributed by atoms with van der Waals surface area (Å²) in [5.74, 6) is 0. The summed E-state index contributed by atoms with van der Waals surface area (Å²) in [5.41, 5.74) is 1.54. The summed E-state index contributed by atoms with van der Waals surface area (Å²) in [4.78, 5) is 14.1. The van der Waals surface area contributed by atoms with Crippen molar-refractivity contribution in [3.05, 3.63) is 28.8 Å². The lowest BCUT2D eigenvalue weighted by Gasteiger charge is -2.25. The summed E-state index contributed by atoms with van der Waals surface area (Å²) in [6.07, 6.45) is 3.38. The van der Waals surface area contributed by atoms with Gasteiger partial charge in [-0.1, -0.05) is 24.1 Å². The second-order valence-corrected chi connectivity index (χ2v) is 5.48. The van der Waals surface area contributed by atoms with Gasteiger partial charge in [-0.05, 0) is 50.6 Å². The van der Waals surface area contributed by atoms with Crippen molar-refractivity contribution in [2.45, 2.75) is 26.2 Å². The van der Waals surface area contributed by atoms with Crippen molar-refractivity contribution in [2.75, 3.05) is 31.6 Å². The standard InChI is InChI=1S/C15H21ClN2O2.ClH/c1-12-13(16)6-5-7-14(12)17-15(19)20-11-10-18-8-3-2-4-9-18;/h5-7H,2-4,8-11H2,1H3,(H,17,19);1H. The fourth-order valence-corrected chi connectivity index (χ4v) is 2.51. The van der Waals surface area contributed by atoms with E-state index in [2.05, 4.69) is 10.2 Å². The number of piperidine rings is 1. The highest BCUT2D eigenvalue weighted by Gasteiger charge is 2.11. The van der Waals surface area contributed by atoms with Crippen LogP contribution in [-0.2, 0) is 4.74 Å². The molecule has 21 heavy (non-hydrogen) atoms. The lowest BCUT2D eigenvalue weighted by molar-refractivity contribution is 0.131. The van der Waals surface area contributed by atoms with Crippen molar-refractivity contribution in [3.63, 3.8) is 0 Å². The van der Waals surface area contributed by atoms with Crippen LogP contribution < -0.4 is 5.32 Å². The maximum Gasteiger partial charge on any atom is 0.411 e. The van der Waals surface area contributed by atoms with Gasteiger partial charge >= 0.3 is 6.09 Å². The summed E-state index contributed by atoms with van der Waals surface area (Å²) in [6.45, 7) is 5.32. The molecule has 0 aromatic heterocycles. The average Bonchev–Trinajstić information content (AvgIpc) is 2.45. The van der Waals surface area contributed by atoms with E-state index in [4.69, 9.17) is 16.3 Å². The van der Waals surface area contributed by atoms with Crippen LogP contribution in [0.3, 0.4) is 0 Å². The number of carbonyl (C=O) groups is 1. The van der Waals surface area contributed by atoms with E-state index in [9.17, 15) is 4.79 Å². The van der Waals surface area contributed by atoms with Crippen LogP contribution in [0.4, 0.5) is 10.5 Å². The van der Waals surface area contributed by atoms with Crippen molar-refractivity contribution >= 4 is 35.8 Å². The maximum absolute atomic E-state index is 11.7. The number of ether oxygens (including phenoxy) is 1. The minimum absolute atomic E-state index is 0. The van der Waals surface area contributed by atoms with E-state index in [-0.39, 0.29) is 12.4 Å². The van der Waals surface area contributed by atoms with Crippen LogP contribution in [0.15, 0.2) is 18.2 Å². The first kappa shape index (κ1) is 18.1. The van der Waals surface area contributed by atoms with E-state index in [1.54, 1.807) is 12.1 Å². The van der Waals surface area contributed by atoms with Crippen LogP contribution in [-0.4, -0.2) is 37.2 Å². The highest BCUT2D eigenvalue weighted by Crippen LogP contribution is 2.22. The molecule has 1 N–H and O–H groups in total. The Morgan fingerprint density at radius 1 is 1.33 bits per heavy atom. The molecule has 1 aliphatic heterocycles. The van der Waals surface area contributed by atoms with E-state index >= 15 is 0 Å². The fraction of sp³-hybridized carbons (Fsp3) is 0.533. The van der Waals surface area contributed by atoms with Crippen LogP contribution in [0.1, 0.15) is 24.8 Å². The molecular weight excluding hydrogens is 311 g/mol. The summed E-state index contributed by atoms with van der Waals surface area (Å²) in [7, 11) is 0. The van der Waals surface area contributed by atoms with Gasteiger partial charge in [0.1, 0.15) is 6.61 Å². The first-order valence-electron chi connectivity index (χ1n) is 7.08. The van der Waals surface area contributed by atoms with Gasteiger partial charge in [0.2, 0.25) is 0 Å². The van der Waals surface area contributed by atoms with E-state index in [1.807, 2.05) is 13.0 Å². The molecule has 1 aromatic rings. The molecule has 1 aromatic carbocycles. The van der Waals surface area contributed by atoms with Crippen LogP contribution in [0.2, 0.25) is 5.02 Å². The summed E-state index contributed by atoms with van der Waals surface area (Å²) >= 11 is 6.00. The zero-order valence-electron chi connectivity index (χ0n) is 12.2. The zero-order valence-corrected chi connectivity index (χ0v) is 13.8. The molecule has 0 unspecified atom stereocenters.